The standard InChI is InChI=1S/C12H15ClO2/c13-11-7-9(5-6-14)3-4-12(11)15-8-10-1-2-10/h3-4,7,10,14H,1-2,5-6,8H2. The molecule has 3 heteroatoms. The molecule has 0 bridgehead atoms. The minimum atomic E-state index is 0.151. The molecule has 82 valence electrons. The van der Waals surface area contributed by atoms with Crippen molar-refractivity contribution >= 4 is 11.6 Å². The van der Waals surface area contributed by atoms with Gasteiger partial charge in [-0.2, -0.15) is 0 Å². The molecule has 0 amide bonds. The number of halogens is 1. The minimum absolute atomic E-state index is 0.151. The molecule has 15 heavy (non-hydrogen) atoms. The molecule has 0 heterocycles. The van der Waals surface area contributed by atoms with E-state index >= 15 is 0 Å². The maximum atomic E-state index is 8.79. The van der Waals surface area contributed by atoms with Gasteiger partial charge in [0.25, 0.3) is 0 Å². The van der Waals surface area contributed by atoms with Crippen LogP contribution in [0.2, 0.25) is 5.02 Å². The first-order valence-electron chi connectivity index (χ1n) is 5.31. The van der Waals surface area contributed by atoms with Crippen molar-refractivity contribution in [3.63, 3.8) is 0 Å². The average molecular weight is 227 g/mol. The highest BCUT2D eigenvalue weighted by atomic mass is 35.5. The molecular formula is C12H15ClO2. The van der Waals surface area contributed by atoms with Gasteiger partial charge in [-0.05, 0) is 42.9 Å². The lowest BCUT2D eigenvalue weighted by atomic mass is 10.1. The summed E-state index contributed by atoms with van der Waals surface area (Å²) in [6.45, 7) is 0.928. The molecule has 2 nitrogen and oxygen atoms in total. The highest BCUT2D eigenvalue weighted by molar-refractivity contribution is 6.32. The quantitative estimate of drug-likeness (QED) is 0.837. The van der Waals surface area contributed by atoms with Crippen LogP contribution in [0.25, 0.3) is 0 Å². The van der Waals surface area contributed by atoms with Crippen molar-refractivity contribution in [2.24, 2.45) is 5.92 Å². The van der Waals surface area contributed by atoms with Gasteiger partial charge in [0.05, 0.1) is 11.6 Å². The van der Waals surface area contributed by atoms with E-state index in [0.29, 0.717) is 11.4 Å². The summed E-state index contributed by atoms with van der Waals surface area (Å²) in [7, 11) is 0. The molecule has 0 unspecified atom stereocenters. The Morgan fingerprint density at radius 1 is 1.40 bits per heavy atom. The Morgan fingerprint density at radius 3 is 2.80 bits per heavy atom. The van der Waals surface area contributed by atoms with Crippen molar-refractivity contribution < 1.29 is 9.84 Å². The molecule has 2 rings (SSSR count). The van der Waals surface area contributed by atoms with Crippen LogP contribution in [-0.2, 0) is 6.42 Å². The topological polar surface area (TPSA) is 29.5 Å². The van der Waals surface area contributed by atoms with Crippen molar-refractivity contribution in [3.8, 4) is 5.75 Å². The van der Waals surface area contributed by atoms with Gasteiger partial charge in [-0.1, -0.05) is 17.7 Å². The van der Waals surface area contributed by atoms with Gasteiger partial charge < -0.3 is 9.84 Å². The van der Waals surface area contributed by atoms with Crippen LogP contribution in [0.15, 0.2) is 18.2 Å². The molecule has 0 radical (unpaired) electrons. The summed E-state index contributed by atoms with van der Waals surface area (Å²) in [6, 6.07) is 5.69. The Balaban J connectivity index is 1.97. The van der Waals surface area contributed by atoms with E-state index in [9.17, 15) is 0 Å². The lowest BCUT2D eigenvalue weighted by Crippen LogP contribution is -2.00. The summed E-state index contributed by atoms with van der Waals surface area (Å²) in [5, 5.41) is 9.43. The van der Waals surface area contributed by atoms with Crippen molar-refractivity contribution in [1.29, 1.82) is 0 Å². The Bertz CT molecular complexity index is 334. The summed E-state index contributed by atoms with van der Waals surface area (Å²) in [4.78, 5) is 0. The minimum Gasteiger partial charge on any atom is -0.492 e. The summed E-state index contributed by atoms with van der Waals surface area (Å²) in [5.41, 5.74) is 1.04. The number of rotatable bonds is 5. The van der Waals surface area contributed by atoms with E-state index < -0.39 is 0 Å². The third kappa shape index (κ3) is 3.11. The molecule has 1 aromatic rings. The van der Waals surface area contributed by atoms with Crippen LogP contribution in [0.3, 0.4) is 0 Å². The molecule has 1 aliphatic rings. The van der Waals surface area contributed by atoms with Crippen molar-refractivity contribution in [2.75, 3.05) is 13.2 Å². The third-order valence-corrected chi connectivity index (χ3v) is 2.86. The summed E-state index contributed by atoms with van der Waals surface area (Å²) in [6.07, 6.45) is 3.20. The highest BCUT2D eigenvalue weighted by Crippen LogP contribution is 2.32. The second kappa shape index (κ2) is 4.86. The smallest absolute Gasteiger partial charge is 0.137 e. The van der Waals surface area contributed by atoms with Gasteiger partial charge >= 0.3 is 0 Å². The fraction of sp³-hybridized carbons (Fsp3) is 0.500. The SMILES string of the molecule is OCCc1ccc(OCC2CC2)c(Cl)c1. The first-order chi connectivity index (χ1) is 7.29. The molecule has 0 aliphatic heterocycles. The van der Waals surface area contributed by atoms with Crippen LogP contribution in [0.1, 0.15) is 18.4 Å². The van der Waals surface area contributed by atoms with Crippen LogP contribution in [0.5, 0.6) is 5.75 Å². The van der Waals surface area contributed by atoms with Crippen LogP contribution in [0.4, 0.5) is 0 Å². The number of hydrogen-bond acceptors (Lipinski definition) is 2. The second-order valence-electron chi connectivity index (χ2n) is 3.99. The molecule has 1 aliphatic carbocycles. The second-order valence-corrected chi connectivity index (χ2v) is 4.40. The number of ether oxygens (including phenoxy) is 1. The maximum absolute atomic E-state index is 8.79. The van der Waals surface area contributed by atoms with Gasteiger partial charge in [0.15, 0.2) is 0 Å². The molecule has 1 aromatic carbocycles. The van der Waals surface area contributed by atoms with E-state index in [-0.39, 0.29) is 6.61 Å². The van der Waals surface area contributed by atoms with Gasteiger partial charge in [0.1, 0.15) is 5.75 Å². The van der Waals surface area contributed by atoms with Crippen molar-refractivity contribution in [2.45, 2.75) is 19.3 Å². The third-order valence-electron chi connectivity index (χ3n) is 2.57. The molecular weight excluding hydrogens is 212 g/mol. The monoisotopic (exact) mass is 226 g/mol. The largest absolute Gasteiger partial charge is 0.492 e. The summed E-state index contributed by atoms with van der Waals surface area (Å²) >= 11 is 6.06. The van der Waals surface area contributed by atoms with Crippen molar-refractivity contribution in [3.05, 3.63) is 28.8 Å². The Morgan fingerprint density at radius 2 is 2.20 bits per heavy atom. The van der Waals surface area contributed by atoms with Gasteiger partial charge in [0.2, 0.25) is 0 Å². The Kier molecular flexibility index (Phi) is 3.49. The van der Waals surface area contributed by atoms with E-state index in [1.165, 1.54) is 12.8 Å². The summed E-state index contributed by atoms with van der Waals surface area (Å²) in [5.74, 6) is 1.49. The van der Waals surface area contributed by atoms with Gasteiger partial charge in [-0.25, -0.2) is 0 Å². The van der Waals surface area contributed by atoms with E-state index in [1.807, 2.05) is 18.2 Å². The predicted octanol–water partition coefficient (Wildman–Crippen LogP) is 2.66. The first-order valence-corrected chi connectivity index (χ1v) is 5.69. The van der Waals surface area contributed by atoms with Crippen LogP contribution < -0.4 is 4.74 Å². The van der Waals surface area contributed by atoms with Crippen LogP contribution >= 0.6 is 11.6 Å². The Labute approximate surface area is 94.8 Å². The Hall–Kier alpha value is -0.730. The number of hydrogen-bond donors (Lipinski definition) is 1. The number of aliphatic hydroxyl groups is 1. The molecule has 0 atom stereocenters. The van der Waals surface area contributed by atoms with Crippen LogP contribution in [0, 0.1) is 5.92 Å². The predicted molar refractivity (Wildman–Crippen MR) is 60.5 cm³/mol. The van der Waals surface area contributed by atoms with E-state index in [4.69, 9.17) is 21.4 Å². The van der Waals surface area contributed by atoms with E-state index in [0.717, 1.165) is 23.8 Å². The fourth-order valence-electron chi connectivity index (χ4n) is 1.44. The molecule has 0 aromatic heterocycles. The van der Waals surface area contributed by atoms with Gasteiger partial charge in [-0.15, -0.1) is 0 Å². The zero-order valence-corrected chi connectivity index (χ0v) is 9.33. The lowest BCUT2D eigenvalue weighted by Gasteiger charge is -2.08. The number of benzene rings is 1. The maximum Gasteiger partial charge on any atom is 0.137 e. The number of aliphatic hydroxyl groups excluding tert-OH is 1. The van der Waals surface area contributed by atoms with Crippen molar-refractivity contribution in [1.82, 2.24) is 0 Å². The fourth-order valence-corrected chi connectivity index (χ4v) is 1.70. The van der Waals surface area contributed by atoms with E-state index in [2.05, 4.69) is 0 Å². The first kappa shape index (κ1) is 10.8. The van der Waals surface area contributed by atoms with Gasteiger partial charge in [0, 0.05) is 6.61 Å². The summed E-state index contributed by atoms with van der Waals surface area (Å²) < 4.78 is 5.60. The molecule has 1 N–H and O–H groups in total. The zero-order valence-electron chi connectivity index (χ0n) is 8.58. The molecule has 1 fully saturated rings. The lowest BCUT2D eigenvalue weighted by molar-refractivity contribution is 0.297. The normalized spacial score (nSPS) is 15.3. The molecule has 1 saturated carbocycles. The highest BCUT2D eigenvalue weighted by Gasteiger charge is 2.22. The van der Waals surface area contributed by atoms with Crippen LogP contribution in [-0.4, -0.2) is 18.3 Å². The van der Waals surface area contributed by atoms with Gasteiger partial charge in [-0.3, -0.25) is 0 Å². The molecule has 0 saturated heterocycles. The average Bonchev–Trinajstić information content (AvgIpc) is 3.01. The van der Waals surface area contributed by atoms with E-state index in [1.54, 1.807) is 0 Å². The zero-order chi connectivity index (χ0) is 10.7. The molecule has 0 spiro atoms.